The molecule has 5 aromatic rings. The lowest BCUT2D eigenvalue weighted by Crippen LogP contribution is -2.28. The van der Waals surface area contributed by atoms with Gasteiger partial charge in [0.25, 0.3) is 11.8 Å². The molecule has 10 nitrogen and oxygen atoms in total. The molecule has 2 aromatic carbocycles. The maximum Gasteiger partial charge on any atom is 0.287 e. The standard InChI is InChI=1S/C27H21ClF2N6O4S/c1-13(37)12-36-23(14(2)18-9-15(29)3-5-20(18)28)24(32-25(36)27(39)31-11-17-7-8-40-34-17)33-26(38)22-19-10-16(30)4-6-21(19)41-35-22/h3-10,14H,11-12H2,1-2H3,(H,31,39)(H,33,38)/t14-/m1/s1. The molecule has 5 rings (SSSR count). The molecule has 210 valence electrons. The second-order valence-corrected chi connectivity index (χ2v) is 10.4. The molecule has 0 radical (unpaired) electrons. The highest BCUT2D eigenvalue weighted by molar-refractivity contribution is 7.13. The van der Waals surface area contributed by atoms with Gasteiger partial charge in [-0.25, -0.2) is 13.8 Å². The van der Waals surface area contributed by atoms with Crippen LogP contribution in [-0.2, 0) is 17.9 Å². The highest BCUT2D eigenvalue weighted by Crippen LogP contribution is 2.36. The zero-order chi connectivity index (χ0) is 29.3. The first kappa shape index (κ1) is 28.1. The first-order valence-corrected chi connectivity index (χ1v) is 13.4. The fourth-order valence-electron chi connectivity index (χ4n) is 4.37. The van der Waals surface area contributed by atoms with Crippen LogP contribution in [0.5, 0.6) is 0 Å². The van der Waals surface area contributed by atoms with Crippen LogP contribution in [-0.4, -0.2) is 36.7 Å². The van der Waals surface area contributed by atoms with E-state index in [1.165, 1.54) is 54.2 Å². The molecule has 0 bridgehead atoms. The summed E-state index contributed by atoms with van der Waals surface area (Å²) in [6.45, 7) is 2.72. The van der Waals surface area contributed by atoms with Gasteiger partial charge in [0.05, 0.1) is 23.5 Å². The van der Waals surface area contributed by atoms with Crippen molar-refractivity contribution in [3.8, 4) is 0 Å². The average molecular weight is 599 g/mol. The van der Waals surface area contributed by atoms with Gasteiger partial charge in [0, 0.05) is 22.4 Å². The molecule has 0 saturated heterocycles. The van der Waals surface area contributed by atoms with Gasteiger partial charge in [-0.05, 0) is 60.4 Å². The summed E-state index contributed by atoms with van der Waals surface area (Å²) in [6.07, 6.45) is 1.35. The summed E-state index contributed by atoms with van der Waals surface area (Å²) in [7, 11) is 0. The number of rotatable bonds is 9. The van der Waals surface area contributed by atoms with Crippen LogP contribution in [0.3, 0.4) is 0 Å². The smallest absolute Gasteiger partial charge is 0.287 e. The lowest BCUT2D eigenvalue weighted by molar-refractivity contribution is -0.117. The van der Waals surface area contributed by atoms with Crippen molar-refractivity contribution in [1.82, 2.24) is 24.4 Å². The molecule has 2 amide bonds. The number of aromatic nitrogens is 4. The molecule has 3 aromatic heterocycles. The van der Waals surface area contributed by atoms with E-state index in [0.29, 0.717) is 21.3 Å². The Morgan fingerprint density at radius 3 is 2.59 bits per heavy atom. The van der Waals surface area contributed by atoms with Crippen LogP contribution in [0.2, 0.25) is 5.02 Å². The van der Waals surface area contributed by atoms with E-state index in [9.17, 15) is 23.2 Å². The summed E-state index contributed by atoms with van der Waals surface area (Å²) in [5.41, 5.74) is 0.949. The number of Topliss-reactive ketones (excluding diaryl/α,β-unsaturated/α-hetero) is 1. The lowest BCUT2D eigenvalue weighted by atomic mass is 9.96. The van der Waals surface area contributed by atoms with Gasteiger partial charge in [-0.3, -0.25) is 14.4 Å². The van der Waals surface area contributed by atoms with Gasteiger partial charge >= 0.3 is 0 Å². The Balaban J connectivity index is 1.61. The molecule has 3 heterocycles. The quantitative estimate of drug-likeness (QED) is 0.234. The molecule has 0 spiro atoms. The van der Waals surface area contributed by atoms with Crippen LogP contribution in [0.4, 0.5) is 14.6 Å². The van der Waals surface area contributed by atoms with Crippen molar-refractivity contribution in [2.75, 3.05) is 5.32 Å². The van der Waals surface area contributed by atoms with E-state index in [4.69, 9.17) is 16.1 Å². The molecular weight excluding hydrogens is 578 g/mol. The Labute approximate surface area is 240 Å². The number of anilines is 1. The summed E-state index contributed by atoms with van der Waals surface area (Å²) >= 11 is 7.42. The summed E-state index contributed by atoms with van der Waals surface area (Å²) in [6, 6.07) is 9.34. The molecular formula is C27H21ClF2N6O4S. The van der Waals surface area contributed by atoms with Gasteiger partial charge in [-0.1, -0.05) is 23.7 Å². The highest BCUT2D eigenvalue weighted by atomic mass is 35.5. The Hall–Kier alpha value is -4.49. The van der Waals surface area contributed by atoms with Crippen LogP contribution in [0.15, 0.2) is 53.3 Å². The van der Waals surface area contributed by atoms with E-state index in [-0.39, 0.29) is 46.9 Å². The number of imidazole rings is 1. The zero-order valence-electron chi connectivity index (χ0n) is 21.6. The van der Waals surface area contributed by atoms with Crippen molar-refractivity contribution in [1.29, 1.82) is 0 Å². The van der Waals surface area contributed by atoms with Crippen molar-refractivity contribution in [3.05, 3.63) is 93.9 Å². The number of amides is 2. The van der Waals surface area contributed by atoms with Crippen LogP contribution in [0.25, 0.3) is 10.1 Å². The summed E-state index contributed by atoms with van der Waals surface area (Å²) in [5, 5.41) is 9.59. The highest BCUT2D eigenvalue weighted by Gasteiger charge is 2.30. The molecule has 2 N–H and O–H groups in total. The van der Waals surface area contributed by atoms with Crippen LogP contribution >= 0.6 is 23.1 Å². The maximum absolute atomic E-state index is 14.3. The van der Waals surface area contributed by atoms with Crippen molar-refractivity contribution < 1.29 is 27.7 Å². The minimum atomic E-state index is -0.748. The molecule has 0 fully saturated rings. The number of carbonyl (C=O) groups excluding carboxylic acids is 3. The Bertz CT molecular complexity index is 1790. The molecule has 41 heavy (non-hydrogen) atoms. The predicted octanol–water partition coefficient (Wildman–Crippen LogP) is 5.34. The number of halogens is 3. The van der Waals surface area contributed by atoms with E-state index in [2.05, 4.69) is 25.1 Å². The minimum absolute atomic E-state index is 0.000938. The third kappa shape index (κ3) is 5.86. The third-order valence-corrected chi connectivity index (χ3v) is 7.40. The van der Waals surface area contributed by atoms with E-state index >= 15 is 0 Å². The second kappa shape index (κ2) is 11.6. The van der Waals surface area contributed by atoms with E-state index in [0.717, 1.165) is 11.5 Å². The normalized spacial score (nSPS) is 11.9. The molecule has 0 aliphatic carbocycles. The first-order chi connectivity index (χ1) is 19.6. The number of carbonyl (C=O) groups is 3. The molecule has 0 saturated carbocycles. The number of nitrogens with zero attached hydrogens (tertiary/aromatic N) is 4. The van der Waals surface area contributed by atoms with E-state index in [1.807, 2.05) is 0 Å². The van der Waals surface area contributed by atoms with E-state index in [1.54, 1.807) is 13.0 Å². The molecule has 1 atom stereocenters. The maximum atomic E-state index is 14.3. The number of fused-ring (bicyclic) bond motifs is 1. The van der Waals surface area contributed by atoms with Crippen molar-refractivity contribution in [2.24, 2.45) is 0 Å². The molecule has 0 aliphatic heterocycles. The number of benzene rings is 2. The van der Waals surface area contributed by atoms with Gasteiger partial charge < -0.3 is 19.7 Å². The number of ketones is 1. The second-order valence-electron chi connectivity index (χ2n) is 9.14. The fraction of sp³-hybridized carbons (Fsp3) is 0.185. The SMILES string of the molecule is CC(=O)Cn1c(C(=O)NCc2ccon2)nc(NC(=O)c2nsc3ccc(F)cc23)c1[C@H](C)c1cc(F)ccc1Cl. The van der Waals surface area contributed by atoms with E-state index < -0.39 is 29.4 Å². The number of hydrogen-bond acceptors (Lipinski definition) is 8. The van der Waals surface area contributed by atoms with Crippen LogP contribution in [0.1, 0.15) is 57.8 Å². The van der Waals surface area contributed by atoms with Crippen molar-refractivity contribution in [3.63, 3.8) is 0 Å². The van der Waals surface area contributed by atoms with Crippen molar-refractivity contribution >= 4 is 56.6 Å². The Kier molecular flexibility index (Phi) is 7.90. The number of nitrogens with one attached hydrogen (secondary N) is 2. The van der Waals surface area contributed by atoms with Gasteiger partial charge in [0.1, 0.15) is 35.1 Å². The van der Waals surface area contributed by atoms with Crippen LogP contribution < -0.4 is 10.6 Å². The zero-order valence-corrected chi connectivity index (χ0v) is 23.1. The largest absolute Gasteiger partial charge is 0.364 e. The third-order valence-electron chi connectivity index (χ3n) is 6.23. The first-order valence-electron chi connectivity index (χ1n) is 12.2. The minimum Gasteiger partial charge on any atom is -0.364 e. The Morgan fingerprint density at radius 1 is 1.10 bits per heavy atom. The van der Waals surface area contributed by atoms with Gasteiger partial charge in [0.15, 0.2) is 5.82 Å². The molecule has 14 heteroatoms. The summed E-state index contributed by atoms with van der Waals surface area (Å²) in [5.74, 6) is -3.82. The van der Waals surface area contributed by atoms with Gasteiger partial charge in [-0.15, -0.1) is 0 Å². The van der Waals surface area contributed by atoms with Crippen LogP contribution in [0, 0.1) is 11.6 Å². The number of hydrogen-bond donors (Lipinski definition) is 2. The van der Waals surface area contributed by atoms with Gasteiger partial charge in [-0.2, -0.15) is 4.37 Å². The fourth-order valence-corrected chi connectivity index (χ4v) is 5.40. The monoisotopic (exact) mass is 598 g/mol. The predicted molar refractivity (Wildman–Crippen MR) is 147 cm³/mol. The van der Waals surface area contributed by atoms with Gasteiger partial charge in [0.2, 0.25) is 5.82 Å². The molecule has 0 unspecified atom stereocenters. The lowest BCUT2D eigenvalue weighted by Gasteiger charge is -2.19. The molecule has 0 aliphatic rings. The van der Waals surface area contributed by atoms with Crippen molar-refractivity contribution in [2.45, 2.75) is 32.9 Å². The summed E-state index contributed by atoms with van der Waals surface area (Å²) in [4.78, 5) is 43.5. The average Bonchev–Trinajstić information content (AvgIpc) is 3.67. The Morgan fingerprint density at radius 2 is 1.85 bits per heavy atom. The summed E-state index contributed by atoms with van der Waals surface area (Å²) < 4.78 is 39.1. The topological polar surface area (TPSA) is 132 Å².